The van der Waals surface area contributed by atoms with Gasteiger partial charge in [0.05, 0.1) is 12.7 Å². The monoisotopic (exact) mass is 269 g/mol. The molecule has 20 heavy (non-hydrogen) atoms. The molecule has 0 radical (unpaired) electrons. The van der Waals surface area contributed by atoms with E-state index >= 15 is 0 Å². The van der Waals surface area contributed by atoms with Crippen molar-refractivity contribution < 1.29 is 14.6 Å². The second-order valence-corrected chi connectivity index (χ2v) is 4.21. The van der Waals surface area contributed by atoms with Crippen molar-refractivity contribution in [2.24, 2.45) is 5.73 Å². The first-order chi connectivity index (χ1) is 9.61. The first-order valence-electron chi connectivity index (χ1n) is 6.05. The number of rotatable bonds is 4. The molecule has 0 unspecified atom stereocenters. The minimum Gasteiger partial charge on any atom is -0.506 e. The Hall–Kier alpha value is -2.75. The third kappa shape index (κ3) is 2.98. The lowest BCUT2D eigenvalue weighted by atomic mass is 10.1. The third-order valence-corrected chi connectivity index (χ3v) is 2.90. The highest BCUT2D eigenvalue weighted by Crippen LogP contribution is 2.24. The predicted molar refractivity (Wildman–Crippen MR) is 78.5 cm³/mol. The molecule has 0 bridgehead atoms. The fourth-order valence-corrected chi connectivity index (χ4v) is 1.80. The molecule has 4 nitrogen and oxygen atoms in total. The van der Waals surface area contributed by atoms with Crippen molar-refractivity contribution in [1.29, 1.82) is 0 Å². The Morgan fingerprint density at radius 1 is 1.15 bits per heavy atom. The zero-order valence-electron chi connectivity index (χ0n) is 11.0. The van der Waals surface area contributed by atoms with Crippen molar-refractivity contribution in [3.63, 3.8) is 0 Å². The summed E-state index contributed by atoms with van der Waals surface area (Å²) >= 11 is 0. The van der Waals surface area contributed by atoms with E-state index in [4.69, 9.17) is 10.5 Å². The van der Waals surface area contributed by atoms with Crippen molar-refractivity contribution in [3.05, 3.63) is 59.2 Å². The first-order valence-corrected chi connectivity index (χ1v) is 6.05. The number of aromatic hydroxyl groups is 1. The van der Waals surface area contributed by atoms with Crippen molar-refractivity contribution >= 4 is 18.1 Å². The molecule has 102 valence electrons. The Balaban J connectivity index is 2.26. The topological polar surface area (TPSA) is 72.5 Å². The number of benzene rings is 2. The molecule has 0 spiro atoms. The maximum absolute atomic E-state index is 11.1. The first kappa shape index (κ1) is 13.7. The van der Waals surface area contributed by atoms with E-state index < -0.39 is 5.91 Å². The molecule has 2 aromatic carbocycles. The molecule has 0 aliphatic rings. The molecule has 0 saturated carbocycles. The second-order valence-electron chi connectivity index (χ2n) is 4.21. The molecule has 0 aromatic heterocycles. The largest absolute Gasteiger partial charge is 0.506 e. The predicted octanol–water partition coefficient (Wildman–Crippen LogP) is 2.67. The van der Waals surface area contributed by atoms with Gasteiger partial charge < -0.3 is 15.6 Å². The quantitative estimate of drug-likeness (QED) is 0.838. The summed E-state index contributed by atoms with van der Waals surface area (Å²) in [7, 11) is 1.61. The average molecular weight is 269 g/mol. The van der Waals surface area contributed by atoms with E-state index in [1.807, 2.05) is 30.3 Å². The van der Waals surface area contributed by atoms with Gasteiger partial charge in [-0.25, -0.2) is 0 Å². The lowest BCUT2D eigenvalue weighted by Crippen LogP contribution is -2.11. The summed E-state index contributed by atoms with van der Waals surface area (Å²) in [5.74, 6) is 0.0210. The van der Waals surface area contributed by atoms with E-state index in [2.05, 4.69) is 0 Å². The van der Waals surface area contributed by atoms with Gasteiger partial charge in [-0.15, -0.1) is 0 Å². The van der Waals surface area contributed by atoms with Gasteiger partial charge in [-0.05, 0) is 23.8 Å². The van der Waals surface area contributed by atoms with Gasteiger partial charge in [0.25, 0.3) is 5.91 Å². The number of para-hydroxylation sites is 1. The minimum absolute atomic E-state index is 0.107. The minimum atomic E-state index is -0.651. The fourth-order valence-electron chi connectivity index (χ4n) is 1.80. The molecule has 0 saturated heterocycles. The van der Waals surface area contributed by atoms with Crippen LogP contribution in [0.15, 0.2) is 42.5 Å². The van der Waals surface area contributed by atoms with Gasteiger partial charge in [0, 0.05) is 5.56 Å². The number of hydrogen-bond donors (Lipinski definition) is 2. The zero-order chi connectivity index (χ0) is 14.5. The Kier molecular flexibility index (Phi) is 4.05. The summed E-state index contributed by atoms with van der Waals surface area (Å²) < 4.78 is 5.08. The molecule has 2 rings (SSSR count). The van der Waals surface area contributed by atoms with Gasteiger partial charge in [0.15, 0.2) is 0 Å². The smallest absolute Gasteiger partial charge is 0.252 e. The summed E-state index contributed by atoms with van der Waals surface area (Å²) in [5.41, 5.74) is 6.79. The number of amides is 1. The van der Waals surface area contributed by atoms with Gasteiger partial charge in [0.2, 0.25) is 0 Å². The molecule has 0 heterocycles. The number of methoxy groups -OCH3 is 1. The molecule has 0 atom stereocenters. The molecule has 1 amide bonds. The van der Waals surface area contributed by atoms with Crippen LogP contribution >= 0.6 is 0 Å². The van der Waals surface area contributed by atoms with Crippen LogP contribution in [-0.4, -0.2) is 18.1 Å². The normalized spacial score (nSPS) is 10.7. The molecule has 0 aliphatic carbocycles. The lowest BCUT2D eigenvalue weighted by Gasteiger charge is -2.04. The molecule has 0 aliphatic heterocycles. The summed E-state index contributed by atoms with van der Waals surface area (Å²) in [4.78, 5) is 11.1. The van der Waals surface area contributed by atoms with Gasteiger partial charge >= 0.3 is 0 Å². The number of carbonyl (C=O) groups excluding carboxylic acids is 1. The molecule has 2 aromatic rings. The Morgan fingerprint density at radius 2 is 1.85 bits per heavy atom. The Bertz CT molecular complexity index is 645. The van der Waals surface area contributed by atoms with Gasteiger partial charge in [-0.2, -0.15) is 0 Å². The number of nitrogens with two attached hydrogens (primary N) is 1. The van der Waals surface area contributed by atoms with Crippen molar-refractivity contribution in [1.82, 2.24) is 0 Å². The van der Waals surface area contributed by atoms with Crippen LogP contribution in [0.1, 0.15) is 21.5 Å². The Morgan fingerprint density at radius 3 is 2.45 bits per heavy atom. The highest BCUT2D eigenvalue weighted by Gasteiger charge is 2.09. The summed E-state index contributed by atoms with van der Waals surface area (Å²) in [6.07, 6.45) is 3.56. The van der Waals surface area contributed by atoms with E-state index in [0.29, 0.717) is 5.56 Å². The molecular formula is C16H15NO3. The zero-order valence-corrected chi connectivity index (χ0v) is 11.0. The maximum Gasteiger partial charge on any atom is 0.252 e. The van der Waals surface area contributed by atoms with Crippen LogP contribution in [0, 0.1) is 0 Å². The van der Waals surface area contributed by atoms with Crippen molar-refractivity contribution in [2.45, 2.75) is 0 Å². The SMILES string of the molecule is COc1ccc(/C=C/c2cccc(C(N)=O)c2O)cc1. The number of primary amides is 1. The highest BCUT2D eigenvalue weighted by atomic mass is 16.5. The van der Waals surface area contributed by atoms with Gasteiger partial charge in [-0.3, -0.25) is 4.79 Å². The van der Waals surface area contributed by atoms with Crippen LogP contribution < -0.4 is 10.5 Å². The van der Waals surface area contributed by atoms with E-state index in [1.165, 1.54) is 6.07 Å². The van der Waals surface area contributed by atoms with Crippen LogP contribution in [0.3, 0.4) is 0 Å². The van der Waals surface area contributed by atoms with Crippen LogP contribution in [-0.2, 0) is 0 Å². The Labute approximate surface area is 117 Å². The molecule has 4 heteroatoms. The molecular weight excluding hydrogens is 254 g/mol. The average Bonchev–Trinajstić information content (AvgIpc) is 2.46. The summed E-state index contributed by atoms with van der Waals surface area (Å²) in [6, 6.07) is 12.4. The van der Waals surface area contributed by atoms with Crippen LogP contribution in [0.2, 0.25) is 0 Å². The van der Waals surface area contributed by atoms with Gasteiger partial charge in [-0.1, -0.05) is 36.4 Å². The van der Waals surface area contributed by atoms with E-state index in [1.54, 1.807) is 25.3 Å². The standard InChI is InChI=1S/C16H15NO3/c1-20-13-9-6-11(7-10-13)5-8-12-3-2-4-14(15(12)18)16(17)19/h2-10,18H,1H3,(H2,17,19)/b8-5+. The van der Waals surface area contributed by atoms with Crippen LogP contribution in [0.25, 0.3) is 12.2 Å². The molecule has 0 fully saturated rings. The summed E-state index contributed by atoms with van der Waals surface area (Å²) in [6.45, 7) is 0. The second kappa shape index (κ2) is 5.93. The number of phenols is 1. The van der Waals surface area contributed by atoms with Gasteiger partial charge in [0.1, 0.15) is 11.5 Å². The van der Waals surface area contributed by atoms with Crippen molar-refractivity contribution in [2.75, 3.05) is 7.11 Å². The third-order valence-electron chi connectivity index (χ3n) is 2.90. The molecule has 3 N–H and O–H groups in total. The lowest BCUT2D eigenvalue weighted by molar-refractivity contribution is 0.0997. The van der Waals surface area contributed by atoms with Crippen molar-refractivity contribution in [3.8, 4) is 11.5 Å². The van der Waals surface area contributed by atoms with Crippen LogP contribution in [0.4, 0.5) is 0 Å². The summed E-state index contributed by atoms with van der Waals surface area (Å²) in [5, 5.41) is 9.95. The van der Waals surface area contributed by atoms with E-state index in [9.17, 15) is 9.90 Å². The van der Waals surface area contributed by atoms with E-state index in [0.717, 1.165) is 11.3 Å². The van der Waals surface area contributed by atoms with E-state index in [-0.39, 0.29) is 11.3 Å². The number of hydrogen-bond acceptors (Lipinski definition) is 3. The fraction of sp³-hybridized carbons (Fsp3) is 0.0625. The number of ether oxygens (including phenoxy) is 1. The number of carbonyl (C=O) groups is 1. The maximum atomic E-state index is 11.1. The van der Waals surface area contributed by atoms with Crippen LogP contribution in [0.5, 0.6) is 11.5 Å². The highest BCUT2D eigenvalue weighted by molar-refractivity contribution is 5.97.